The van der Waals surface area contributed by atoms with Crippen LogP contribution >= 0.6 is 0 Å². The van der Waals surface area contributed by atoms with Gasteiger partial charge in [-0.3, -0.25) is 14.9 Å². The van der Waals surface area contributed by atoms with Crippen molar-refractivity contribution in [3.05, 3.63) is 28.3 Å². The number of nitro benzene ring substituents is 1. The van der Waals surface area contributed by atoms with Crippen LogP contribution in [-0.2, 0) is 9.59 Å². The summed E-state index contributed by atoms with van der Waals surface area (Å²) >= 11 is 0. The van der Waals surface area contributed by atoms with Crippen LogP contribution in [-0.4, -0.2) is 35.9 Å². The van der Waals surface area contributed by atoms with Crippen LogP contribution in [0.15, 0.2) is 18.2 Å². The number of hydrogen-bond donors (Lipinski definition) is 1. The van der Waals surface area contributed by atoms with Crippen molar-refractivity contribution in [2.24, 2.45) is 0 Å². The summed E-state index contributed by atoms with van der Waals surface area (Å²) in [5.74, 6) is -0.569. The fourth-order valence-electron chi connectivity index (χ4n) is 3.19. The standard InChI is InChI=1S/C16H19N3O5/c20-15(17-11-4-2-1-3-5-11)9-18-10-16(21)24-14-8-12(19(22)23)6-7-13(14)18/h6-8,11H,1-5,9-10H2,(H,17,20). The number of rotatable bonds is 4. The molecule has 128 valence electrons. The molecule has 1 saturated carbocycles. The van der Waals surface area contributed by atoms with E-state index >= 15 is 0 Å². The van der Waals surface area contributed by atoms with E-state index in [0.717, 1.165) is 25.7 Å². The molecule has 1 aliphatic carbocycles. The molecule has 2 aliphatic rings. The topological polar surface area (TPSA) is 102 Å². The minimum Gasteiger partial charge on any atom is -0.423 e. The average Bonchev–Trinajstić information content (AvgIpc) is 2.54. The Labute approximate surface area is 138 Å². The first-order chi connectivity index (χ1) is 11.5. The number of esters is 1. The summed E-state index contributed by atoms with van der Waals surface area (Å²) in [6.07, 6.45) is 5.41. The van der Waals surface area contributed by atoms with Crippen LogP contribution in [0.5, 0.6) is 5.75 Å². The molecule has 0 bridgehead atoms. The summed E-state index contributed by atoms with van der Waals surface area (Å²) in [6.45, 7) is -0.0285. The van der Waals surface area contributed by atoms with E-state index < -0.39 is 10.9 Å². The number of carbonyl (C=O) groups excluding carboxylic acids is 2. The monoisotopic (exact) mass is 333 g/mol. The van der Waals surface area contributed by atoms with Crippen LogP contribution in [0, 0.1) is 10.1 Å². The highest BCUT2D eigenvalue weighted by atomic mass is 16.6. The van der Waals surface area contributed by atoms with Crippen LogP contribution in [0.25, 0.3) is 0 Å². The molecule has 0 unspecified atom stereocenters. The minimum atomic E-state index is -0.553. The molecule has 0 aromatic heterocycles. The molecule has 3 rings (SSSR count). The van der Waals surface area contributed by atoms with Gasteiger partial charge in [0.15, 0.2) is 5.75 Å². The second-order valence-electron chi connectivity index (χ2n) is 6.14. The molecule has 1 heterocycles. The lowest BCUT2D eigenvalue weighted by atomic mass is 9.95. The molecule has 1 aromatic carbocycles. The summed E-state index contributed by atoms with van der Waals surface area (Å²) < 4.78 is 5.07. The highest BCUT2D eigenvalue weighted by Crippen LogP contribution is 2.35. The van der Waals surface area contributed by atoms with Gasteiger partial charge in [0.05, 0.1) is 23.2 Å². The number of nitrogens with one attached hydrogen (secondary N) is 1. The Balaban J connectivity index is 1.71. The first-order valence-electron chi connectivity index (χ1n) is 8.06. The Hall–Kier alpha value is -2.64. The maximum atomic E-state index is 12.3. The molecule has 1 aromatic rings. The van der Waals surface area contributed by atoms with Crippen LogP contribution in [0.4, 0.5) is 11.4 Å². The average molecular weight is 333 g/mol. The third-order valence-electron chi connectivity index (χ3n) is 4.34. The first-order valence-corrected chi connectivity index (χ1v) is 8.06. The van der Waals surface area contributed by atoms with Crippen molar-refractivity contribution in [2.45, 2.75) is 38.1 Å². The molecule has 8 heteroatoms. The van der Waals surface area contributed by atoms with E-state index in [1.165, 1.54) is 24.6 Å². The van der Waals surface area contributed by atoms with Gasteiger partial charge in [-0.1, -0.05) is 19.3 Å². The Bertz CT molecular complexity index is 670. The number of non-ortho nitro benzene ring substituents is 1. The lowest BCUT2D eigenvalue weighted by Crippen LogP contribution is -2.46. The van der Waals surface area contributed by atoms with Gasteiger partial charge in [0.25, 0.3) is 5.69 Å². The number of anilines is 1. The number of amides is 1. The first kappa shape index (κ1) is 16.2. The quantitative estimate of drug-likeness (QED) is 0.390. The van der Waals surface area contributed by atoms with E-state index in [9.17, 15) is 19.7 Å². The highest BCUT2D eigenvalue weighted by molar-refractivity contribution is 5.89. The number of hydrogen-bond acceptors (Lipinski definition) is 6. The van der Waals surface area contributed by atoms with Gasteiger partial charge in [0.1, 0.15) is 6.54 Å². The molecule has 8 nitrogen and oxygen atoms in total. The van der Waals surface area contributed by atoms with Crippen LogP contribution in [0.2, 0.25) is 0 Å². The van der Waals surface area contributed by atoms with Gasteiger partial charge in [-0.15, -0.1) is 0 Å². The molecule has 1 N–H and O–H groups in total. The van der Waals surface area contributed by atoms with Crippen LogP contribution in [0.3, 0.4) is 0 Å². The number of nitrogens with zero attached hydrogens (tertiary/aromatic N) is 2. The normalized spacial score (nSPS) is 17.8. The van der Waals surface area contributed by atoms with Crippen molar-refractivity contribution in [1.29, 1.82) is 0 Å². The highest BCUT2D eigenvalue weighted by Gasteiger charge is 2.28. The van der Waals surface area contributed by atoms with Crippen molar-refractivity contribution in [1.82, 2.24) is 5.32 Å². The number of fused-ring (bicyclic) bond motifs is 1. The van der Waals surface area contributed by atoms with Crippen LogP contribution in [0.1, 0.15) is 32.1 Å². The molecular weight excluding hydrogens is 314 g/mol. The van der Waals surface area contributed by atoms with Gasteiger partial charge in [-0.25, -0.2) is 4.79 Å². The van der Waals surface area contributed by atoms with Gasteiger partial charge in [-0.05, 0) is 18.9 Å². The number of nitro groups is 1. The van der Waals surface area contributed by atoms with Gasteiger partial charge < -0.3 is 15.0 Å². The van der Waals surface area contributed by atoms with E-state index in [0.29, 0.717) is 5.69 Å². The summed E-state index contributed by atoms with van der Waals surface area (Å²) in [6, 6.07) is 4.25. The smallest absolute Gasteiger partial charge is 0.331 e. The zero-order valence-electron chi connectivity index (χ0n) is 13.2. The summed E-state index contributed by atoms with van der Waals surface area (Å²) in [5.41, 5.74) is 0.356. The number of benzene rings is 1. The van der Waals surface area contributed by atoms with E-state index in [-0.39, 0.29) is 36.5 Å². The molecular formula is C16H19N3O5. The SMILES string of the molecule is O=C(CN1CC(=O)Oc2cc([N+](=O)[O-])ccc21)NC1CCCCC1. The molecule has 24 heavy (non-hydrogen) atoms. The van der Waals surface area contributed by atoms with Gasteiger partial charge >= 0.3 is 5.97 Å². The van der Waals surface area contributed by atoms with Crippen LogP contribution < -0.4 is 15.0 Å². The van der Waals surface area contributed by atoms with Crippen molar-refractivity contribution < 1.29 is 19.2 Å². The molecule has 0 radical (unpaired) electrons. The molecule has 0 spiro atoms. The van der Waals surface area contributed by atoms with Gasteiger partial charge in [0, 0.05) is 12.1 Å². The van der Waals surface area contributed by atoms with E-state index in [2.05, 4.69) is 5.32 Å². The molecule has 1 amide bonds. The second kappa shape index (κ2) is 6.86. The number of ether oxygens (including phenoxy) is 1. The molecule has 0 atom stereocenters. The Kier molecular flexibility index (Phi) is 4.64. The Morgan fingerprint density at radius 1 is 1.33 bits per heavy atom. The molecule has 1 fully saturated rings. The maximum Gasteiger partial charge on any atom is 0.331 e. The third kappa shape index (κ3) is 3.64. The molecule has 1 aliphatic heterocycles. The minimum absolute atomic E-state index is 0.0242. The number of carbonyl (C=O) groups is 2. The largest absolute Gasteiger partial charge is 0.423 e. The zero-order chi connectivity index (χ0) is 17.1. The third-order valence-corrected chi connectivity index (χ3v) is 4.34. The van der Waals surface area contributed by atoms with E-state index in [1.807, 2.05) is 0 Å². The van der Waals surface area contributed by atoms with Gasteiger partial charge in [0.2, 0.25) is 5.91 Å². The van der Waals surface area contributed by atoms with Crippen molar-refractivity contribution in [2.75, 3.05) is 18.0 Å². The Morgan fingerprint density at radius 3 is 2.79 bits per heavy atom. The molecule has 0 saturated heterocycles. The lowest BCUT2D eigenvalue weighted by Gasteiger charge is -2.30. The predicted molar refractivity (Wildman–Crippen MR) is 86.0 cm³/mol. The lowest BCUT2D eigenvalue weighted by molar-refractivity contribution is -0.384. The summed E-state index contributed by atoms with van der Waals surface area (Å²) in [4.78, 5) is 35.9. The van der Waals surface area contributed by atoms with E-state index in [4.69, 9.17) is 4.74 Å². The van der Waals surface area contributed by atoms with Gasteiger partial charge in [-0.2, -0.15) is 0 Å². The van der Waals surface area contributed by atoms with Crippen molar-refractivity contribution >= 4 is 23.3 Å². The zero-order valence-corrected chi connectivity index (χ0v) is 13.2. The van der Waals surface area contributed by atoms with Crippen molar-refractivity contribution in [3.63, 3.8) is 0 Å². The van der Waals surface area contributed by atoms with Crippen molar-refractivity contribution in [3.8, 4) is 5.75 Å². The maximum absolute atomic E-state index is 12.3. The predicted octanol–water partition coefficient (Wildman–Crippen LogP) is 1.77. The fraction of sp³-hybridized carbons (Fsp3) is 0.500. The summed E-state index contributed by atoms with van der Waals surface area (Å²) in [5, 5.41) is 13.8. The van der Waals surface area contributed by atoms with E-state index in [1.54, 1.807) is 4.90 Å². The Morgan fingerprint density at radius 2 is 2.08 bits per heavy atom. The summed E-state index contributed by atoms with van der Waals surface area (Å²) in [7, 11) is 0. The second-order valence-corrected chi connectivity index (χ2v) is 6.14. The fourth-order valence-corrected chi connectivity index (χ4v) is 3.19.